The maximum Gasteiger partial charge on any atom is 0.573 e. The molecular formula is C19H13F3N4O. The van der Waals surface area contributed by atoms with E-state index in [1.54, 1.807) is 12.4 Å². The highest BCUT2D eigenvalue weighted by molar-refractivity contribution is 5.86. The highest BCUT2D eigenvalue weighted by atomic mass is 19.4. The summed E-state index contributed by atoms with van der Waals surface area (Å²) in [5, 5.41) is 3.98. The summed E-state index contributed by atoms with van der Waals surface area (Å²) in [6.07, 6.45) is -1.28. The van der Waals surface area contributed by atoms with E-state index in [-0.39, 0.29) is 5.75 Å². The van der Waals surface area contributed by atoms with Gasteiger partial charge in [-0.3, -0.25) is 4.98 Å². The molecule has 0 bridgehead atoms. The van der Waals surface area contributed by atoms with Crippen LogP contribution in [0.3, 0.4) is 0 Å². The molecule has 2 N–H and O–H groups in total. The zero-order chi connectivity index (χ0) is 18.9. The molecule has 0 unspecified atom stereocenters. The number of anilines is 2. The van der Waals surface area contributed by atoms with E-state index in [0.29, 0.717) is 11.5 Å². The number of aromatic amines is 1. The second-order valence-electron chi connectivity index (χ2n) is 5.75. The SMILES string of the molecule is FC(F)(F)Oc1ccc(Nc2cc3[nH]c(-c4ccccn4)cc3cn2)cc1. The number of ether oxygens (including phenoxy) is 1. The summed E-state index contributed by atoms with van der Waals surface area (Å²) < 4.78 is 40.5. The summed E-state index contributed by atoms with van der Waals surface area (Å²) in [5.41, 5.74) is 3.15. The Hall–Kier alpha value is -3.55. The Morgan fingerprint density at radius 1 is 0.963 bits per heavy atom. The lowest BCUT2D eigenvalue weighted by Crippen LogP contribution is -2.16. The van der Waals surface area contributed by atoms with Gasteiger partial charge in [0, 0.05) is 29.5 Å². The monoisotopic (exact) mass is 370 g/mol. The van der Waals surface area contributed by atoms with Gasteiger partial charge in [-0.25, -0.2) is 4.98 Å². The fraction of sp³-hybridized carbons (Fsp3) is 0.0526. The smallest absolute Gasteiger partial charge is 0.406 e. The molecule has 4 aromatic rings. The molecule has 0 radical (unpaired) electrons. The molecule has 0 aliphatic heterocycles. The molecule has 0 spiro atoms. The first-order chi connectivity index (χ1) is 13.0. The van der Waals surface area contributed by atoms with Crippen molar-refractivity contribution in [3.63, 3.8) is 0 Å². The molecule has 8 heteroatoms. The molecule has 3 aromatic heterocycles. The molecule has 136 valence electrons. The predicted octanol–water partition coefficient (Wildman–Crippen LogP) is 5.27. The summed E-state index contributed by atoms with van der Waals surface area (Å²) in [4.78, 5) is 11.9. The van der Waals surface area contributed by atoms with Crippen molar-refractivity contribution >= 4 is 22.4 Å². The molecular weight excluding hydrogens is 357 g/mol. The lowest BCUT2D eigenvalue weighted by Gasteiger charge is -2.10. The number of aromatic nitrogens is 3. The minimum atomic E-state index is -4.71. The van der Waals surface area contributed by atoms with E-state index in [1.807, 2.05) is 30.3 Å². The number of H-pyrrole nitrogens is 1. The second kappa shape index (κ2) is 6.64. The number of benzene rings is 1. The van der Waals surface area contributed by atoms with Crippen LogP contribution in [0.4, 0.5) is 24.7 Å². The normalized spacial score (nSPS) is 11.5. The molecule has 0 amide bonds. The second-order valence-corrected chi connectivity index (χ2v) is 5.75. The number of rotatable bonds is 4. The summed E-state index contributed by atoms with van der Waals surface area (Å²) in [6, 6.07) is 14.9. The number of hydrogen-bond donors (Lipinski definition) is 2. The Morgan fingerprint density at radius 2 is 1.78 bits per heavy atom. The molecule has 27 heavy (non-hydrogen) atoms. The standard InChI is InChI=1S/C19H13F3N4O/c20-19(21,22)27-14-6-4-13(5-7-14)25-18-10-16-12(11-24-18)9-17(26-16)15-3-1-2-8-23-15/h1-11,26H,(H,24,25). The van der Waals surface area contributed by atoms with Gasteiger partial charge in [-0.2, -0.15) is 0 Å². The van der Waals surface area contributed by atoms with Gasteiger partial charge in [0.25, 0.3) is 0 Å². The number of fused-ring (bicyclic) bond motifs is 1. The highest BCUT2D eigenvalue weighted by Crippen LogP contribution is 2.27. The summed E-state index contributed by atoms with van der Waals surface area (Å²) in [7, 11) is 0. The van der Waals surface area contributed by atoms with Gasteiger partial charge in [-0.05, 0) is 42.5 Å². The van der Waals surface area contributed by atoms with Gasteiger partial charge in [0.1, 0.15) is 11.6 Å². The van der Waals surface area contributed by atoms with Crippen molar-refractivity contribution in [1.82, 2.24) is 15.0 Å². The van der Waals surface area contributed by atoms with Crippen LogP contribution in [0, 0.1) is 0 Å². The summed E-state index contributed by atoms with van der Waals surface area (Å²) in [6.45, 7) is 0. The van der Waals surface area contributed by atoms with Crippen LogP contribution in [0.5, 0.6) is 5.75 Å². The Balaban J connectivity index is 1.54. The molecule has 0 atom stereocenters. The third kappa shape index (κ3) is 4.00. The Bertz CT molecular complexity index is 1060. The van der Waals surface area contributed by atoms with Crippen LogP contribution in [0.2, 0.25) is 0 Å². The number of halogens is 3. The average molecular weight is 370 g/mol. The number of nitrogens with zero attached hydrogens (tertiary/aromatic N) is 2. The van der Waals surface area contributed by atoms with E-state index in [0.717, 1.165) is 22.3 Å². The van der Waals surface area contributed by atoms with Crippen molar-refractivity contribution in [2.75, 3.05) is 5.32 Å². The van der Waals surface area contributed by atoms with Crippen LogP contribution in [0.15, 0.2) is 67.0 Å². The minimum absolute atomic E-state index is 0.277. The Kier molecular flexibility index (Phi) is 4.15. The van der Waals surface area contributed by atoms with Crippen molar-refractivity contribution < 1.29 is 17.9 Å². The number of alkyl halides is 3. The molecule has 0 saturated heterocycles. The van der Waals surface area contributed by atoms with Crippen LogP contribution in [-0.2, 0) is 0 Å². The average Bonchev–Trinajstić information content (AvgIpc) is 3.06. The maximum absolute atomic E-state index is 12.2. The van der Waals surface area contributed by atoms with Crippen molar-refractivity contribution in [1.29, 1.82) is 0 Å². The largest absolute Gasteiger partial charge is 0.573 e. The van der Waals surface area contributed by atoms with Gasteiger partial charge in [-0.1, -0.05) is 6.07 Å². The minimum Gasteiger partial charge on any atom is -0.406 e. The fourth-order valence-electron chi connectivity index (χ4n) is 2.64. The molecule has 1 aromatic carbocycles. The van der Waals surface area contributed by atoms with Gasteiger partial charge in [0.2, 0.25) is 0 Å². The number of nitrogens with one attached hydrogen (secondary N) is 2. The van der Waals surface area contributed by atoms with Crippen molar-refractivity contribution in [3.8, 4) is 17.1 Å². The molecule has 3 heterocycles. The first-order valence-electron chi connectivity index (χ1n) is 7.99. The van der Waals surface area contributed by atoms with Gasteiger partial charge in [-0.15, -0.1) is 13.2 Å². The lowest BCUT2D eigenvalue weighted by molar-refractivity contribution is -0.274. The Labute approximate surface area is 151 Å². The van der Waals surface area contributed by atoms with Crippen LogP contribution < -0.4 is 10.1 Å². The van der Waals surface area contributed by atoms with Gasteiger partial charge in [0.05, 0.1) is 16.9 Å². The summed E-state index contributed by atoms with van der Waals surface area (Å²) >= 11 is 0. The van der Waals surface area contributed by atoms with E-state index in [9.17, 15) is 13.2 Å². The lowest BCUT2D eigenvalue weighted by atomic mass is 10.2. The Morgan fingerprint density at radius 3 is 2.48 bits per heavy atom. The van der Waals surface area contributed by atoms with Gasteiger partial charge >= 0.3 is 6.36 Å². The van der Waals surface area contributed by atoms with Crippen LogP contribution >= 0.6 is 0 Å². The van der Waals surface area contributed by atoms with E-state index in [1.165, 1.54) is 24.3 Å². The quantitative estimate of drug-likeness (QED) is 0.514. The van der Waals surface area contributed by atoms with Crippen molar-refractivity contribution in [2.45, 2.75) is 6.36 Å². The predicted molar refractivity (Wildman–Crippen MR) is 95.7 cm³/mol. The molecule has 0 fully saturated rings. The van der Waals surface area contributed by atoms with Crippen LogP contribution in [0.25, 0.3) is 22.3 Å². The summed E-state index contributed by atoms with van der Waals surface area (Å²) in [5.74, 6) is 0.280. The van der Waals surface area contributed by atoms with E-state index < -0.39 is 6.36 Å². The molecule has 5 nitrogen and oxygen atoms in total. The topological polar surface area (TPSA) is 62.8 Å². The number of pyridine rings is 2. The zero-order valence-electron chi connectivity index (χ0n) is 13.8. The first kappa shape index (κ1) is 16.9. The van der Waals surface area contributed by atoms with E-state index >= 15 is 0 Å². The van der Waals surface area contributed by atoms with Gasteiger partial charge in [0.15, 0.2) is 0 Å². The van der Waals surface area contributed by atoms with E-state index in [4.69, 9.17) is 0 Å². The van der Waals surface area contributed by atoms with Crippen LogP contribution in [-0.4, -0.2) is 21.3 Å². The zero-order valence-corrected chi connectivity index (χ0v) is 13.8. The van der Waals surface area contributed by atoms with Gasteiger partial charge < -0.3 is 15.0 Å². The molecule has 0 aliphatic rings. The third-order valence-electron chi connectivity index (χ3n) is 3.81. The first-order valence-corrected chi connectivity index (χ1v) is 7.99. The van der Waals surface area contributed by atoms with Crippen LogP contribution in [0.1, 0.15) is 0 Å². The third-order valence-corrected chi connectivity index (χ3v) is 3.81. The highest BCUT2D eigenvalue weighted by Gasteiger charge is 2.30. The maximum atomic E-state index is 12.2. The van der Waals surface area contributed by atoms with Crippen molar-refractivity contribution in [2.24, 2.45) is 0 Å². The molecule has 4 rings (SSSR count). The fourth-order valence-corrected chi connectivity index (χ4v) is 2.64. The van der Waals surface area contributed by atoms with Crippen molar-refractivity contribution in [3.05, 3.63) is 67.0 Å². The molecule has 0 aliphatic carbocycles. The molecule has 0 saturated carbocycles. The number of hydrogen-bond acceptors (Lipinski definition) is 4. The van der Waals surface area contributed by atoms with E-state index in [2.05, 4.69) is 25.0 Å².